The Kier molecular flexibility index (Phi) is 64.7. The molecule has 0 amide bonds. The SMILES string of the molecule is CC/C=C\C/C=C\C/C=C\C/C=C\CCCCCCC(=O)OC(COC(=O)CCCCCCCCCCCCCCCCC/C=C\C/C=C\CCCCCCC)COC(=O)CCCCCCCCCCCCCCCCCCC. The molecule has 0 rings (SSSR count). The van der Waals surface area contributed by atoms with Crippen LogP contribution in [0.4, 0.5) is 0 Å². The second-order valence-corrected chi connectivity index (χ2v) is 23.1. The molecule has 0 N–H and O–H groups in total. The molecule has 1 unspecified atom stereocenters. The Labute approximate surface area is 491 Å². The first-order chi connectivity index (χ1) is 39.0. The summed E-state index contributed by atoms with van der Waals surface area (Å²) in [6.07, 6.45) is 87.8. The first kappa shape index (κ1) is 75.8. The summed E-state index contributed by atoms with van der Waals surface area (Å²) in [5, 5.41) is 0. The van der Waals surface area contributed by atoms with Gasteiger partial charge in [-0.1, -0.05) is 318 Å². The van der Waals surface area contributed by atoms with Crippen molar-refractivity contribution < 1.29 is 28.6 Å². The fourth-order valence-electron chi connectivity index (χ4n) is 10.1. The lowest BCUT2D eigenvalue weighted by atomic mass is 10.0. The number of allylic oxidation sites excluding steroid dienone is 12. The standard InChI is InChI=1S/C73H130O6/c1-4-7-10-13-16-19-22-25-28-31-32-33-34-35-36-37-38-39-40-43-45-48-51-54-57-60-63-66-72(75)78-69-70(79-73(76)67-64-61-58-55-52-49-46-42-30-27-24-21-18-15-12-9-6-3)68-77-71(74)65-62-59-56-53-50-47-44-41-29-26-23-20-17-14-11-8-5-2/h9,12,18,21-22,25,27,30-32,46,49,70H,4-8,10-11,13-17,19-20,23-24,26,28-29,33-45,47-48,50-69H2,1-3H3/b12-9-,21-18-,25-22-,30-27-,32-31-,49-46-. The molecule has 0 bridgehead atoms. The van der Waals surface area contributed by atoms with Crippen molar-refractivity contribution in [2.75, 3.05) is 13.2 Å². The second kappa shape index (κ2) is 67.4. The number of esters is 3. The third-order valence-corrected chi connectivity index (χ3v) is 15.2. The van der Waals surface area contributed by atoms with E-state index < -0.39 is 6.10 Å². The number of hydrogen-bond acceptors (Lipinski definition) is 6. The fourth-order valence-corrected chi connectivity index (χ4v) is 10.1. The minimum absolute atomic E-state index is 0.0814. The molecule has 0 aliphatic heterocycles. The van der Waals surface area contributed by atoms with Crippen LogP contribution in [0.15, 0.2) is 72.9 Å². The Hall–Kier alpha value is -3.15. The van der Waals surface area contributed by atoms with E-state index in [9.17, 15) is 14.4 Å². The normalized spacial score (nSPS) is 12.5. The first-order valence-electron chi connectivity index (χ1n) is 34.4. The lowest BCUT2D eigenvalue weighted by Crippen LogP contribution is -2.30. The van der Waals surface area contributed by atoms with Crippen LogP contribution in [0.3, 0.4) is 0 Å². The van der Waals surface area contributed by atoms with Gasteiger partial charge in [-0.2, -0.15) is 0 Å². The number of carbonyl (C=O) groups excluding carboxylic acids is 3. The molecule has 0 heterocycles. The van der Waals surface area contributed by atoms with Gasteiger partial charge in [-0.15, -0.1) is 0 Å². The molecule has 79 heavy (non-hydrogen) atoms. The smallest absolute Gasteiger partial charge is 0.306 e. The van der Waals surface area contributed by atoms with Gasteiger partial charge >= 0.3 is 17.9 Å². The van der Waals surface area contributed by atoms with Crippen LogP contribution in [0.1, 0.15) is 355 Å². The van der Waals surface area contributed by atoms with E-state index in [2.05, 4.69) is 93.7 Å². The quantitative estimate of drug-likeness (QED) is 0.0261. The van der Waals surface area contributed by atoms with Crippen molar-refractivity contribution in [2.24, 2.45) is 0 Å². The number of hydrogen-bond donors (Lipinski definition) is 0. The average molecular weight is 1100 g/mol. The molecule has 0 radical (unpaired) electrons. The van der Waals surface area contributed by atoms with Gasteiger partial charge in [0.2, 0.25) is 0 Å². The summed E-state index contributed by atoms with van der Waals surface area (Å²) in [5.74, 6) is -0.885. The van der Waals surface area contributed by atoms with Crippen molar-refractivity contribution in [1.29, 1.82) is 0 Å². The van der Waals surface area contributed by atoms with Crippen molar-refractivity contribution in [2.45, 2.75) is 361 Å². The van der Waals surface area contributed by atoms with E-state index in [-0.39, 0.29) is 31.1 Å². The molecule has 0 aromatic rings. The average Bonchev–Trinajstić information content (AvgIpc) is 3.45. The van der Waals surface area contributed by atoms with E-state index in [1.807, 2.05) is 0 Å². The third kappa shape index (κ3) is 65.5. The molecule has 1 atom stereocenters. The number of unbranched alkanes of at least 4 members (excludes halogenated alkanes) is 40. The maximum atomic E-state index is 12.9. The van der Waals surface area contributed by atoms with Crippen LogP contribution in [-0.2, 0) is 28.6 Å². The Morgan fingerprint density at radius 3 is 0.772 bits per heavy atom. The van der Waals surface area contributed by atoms with Crippen LogP contribution in [0.2, 0.25) is 0 Å². The molecule has 0 aromatic carbocycles. The molecule has 0 aliphatic rings. The van der Waals surface area contributed by atoms with E-state index in [4.69, 9.17) is 14.2 Å². The topological polar surface area (TPSA) is 78.9 Å². The van der Waals surface area contributed by atoms with Gasteiger partial charge in [-0.3, -0.25) is 14.4 Å². The summed E-state index contributed by atoms with van der Waals surface area (Å²) >= 11 is 0. The zero-order chi connectivity index (χ0) is 57.1. The second-order valence-electron chi connectivity index (χ2n) is 23.1. The monoisotopic (exact) mass is 1100 g/mol. The van der Waals surface area contributed by atoms with E-state index in [0.29, 0.717) is 19.3 Å². The highest BCUT2D eigenvalue weighted by molar-refractivity contribution is 5.71. The lowest BCUT2D eigenvalue weighted by molar-refractivity contribution is -0.167. The zero-order valence-electron chi connectivity index (χ0n) is 52.6. The summed E-state index contributed by atoms with van der Waals surface area (Å²) in [5.41, 5.74) is 0. The molecular weight excluding hydrogens is 973 g/mol. The molecule has 6 heteroatoms. The summed E-state index contributed by atoms with van der Waals surface area (Å²) in [6.45, 7) is 6.55. The van der Waals surface area contributed by atoms with Gasteiger partial charge in [0.05, 0.1) is 0 Å². The molecule has 0 aliphatic carbocycles. The van der Waals surface area contributed by atoms with Gasteiger partial charge in [0.1, 0.15) is 13.2 Å². The van der Waals surface area contributed by atoms with Gasteiger partial charge in [-0.25, -0.2) is 0 Å². The molecule has 0 saturated carbocycles. The summed E-state index contributed by atoms with van der Waals surface area (Å²) in [7, 11) is 0. The number of carbonyl (C=O) groups is 3. The van der Waals surface area contributed by atoms with Gasteiger partial charge in [-0.05, 0) is 89.9 Å². The van der Waals surface area contributed by atoms with Crippen LogP contribution in [-0.4, -0.2) is 37.2 Å². The summed E-state index contributed by atoms with van der Waals surface area (Å²) in [6, 6.07) is 0. The minimum atomic E-state index is -0.788. The molecule has 6 nitrogen and oxygen atoms in total. The summed E-state index contributed by atoms with van der Waals surface area (Å²) < 4.78 is 17.0. The lowest BCUT2D eigenvalue weighted by Gasteiger charge is -2.18. The number of rotatable bonds is 63. The highest BCUT2D eigenvalue weighted by atomic mass is 16.6. The Morgan fingerprint density at radius 2 is 0.494 bits per heavy atom. The highest BCUT2D eigenvalue weighted by Crippen LogP contribution is 2.18. The van der Waals surface area contributed by atoms with Crippen LogP contribution in [0.25, 0.3) is 0 Å². The summed E-state index contributed by atoms with van der Waals surface area (Å²) in [4.78, 5) is 38.4. The van der Waals surface area contributed by atoms with Crippen LogP contribution >= 0.6 is 0 Å². The van der Waals surface area contributed by atoms with Crippen molar-refractivity contribution in [3.63, 3.8) is 0 Å². The molecule has 0 aromatic heterocycles. The van der Waals surface area contributed by atoms with E-state index in [1.165, 1.54) is 212 Å². The Bertz CT molecular complexity index is 1450. The fraction of sp³-hybridized carbons (Fsp3) is 0.795. The van der Waals surface area contributed by atoms with E-state index in [1.54, 1.807) is 0 Å². The molecule has 0 saturated heterocycles. The number of ether oxygens (including phenoxy) is 3. The highest BCUT2D eigenvalue weighted by Gasteiger charge is 2.19. The molecule has 0 fully saturated rings. The molecular formula is C73H130O6. The zero-order valence-corrected chi connectivity index (χ0v) is 52.6. The predicted octanol–water partition coefficient (Wildman–Crippen LogP) is 23.7. The van der Waals surface area contributed by atoms with Crippen LogP contribution < -0.4 is 0 Å². The van der Waals surface area contributed by atoms with Gasteiger partial charge < -0.3 is 14.2 Å². The van der Waals surface area contributed by atoms with Gasteiger partial charge in [0.25, 0.3) is 0 Å². The largest absolute Gasteiger partial charge is 0.462 e. The van der Waals surface area contributed by atoms with E-state index in [0.717, 1.165) is 103 Å². The van der Waals surface area contributed by atoms with Crippen molar-refractivity contribution in [1.82, 2.24) is 0 Å². The van der Waals surface area contributed by atoms with Crippen molar-refractivity contribution in [3.8, 4) is 0 Å². The maximum Gasteiger partial charge on any atom is 0.306 e. The Balaban J connectivity index is 4.30. The van der Waals surface area contributed by atoms with Crippen LogP contribution in [0.5, 0.6) is 0 Å². The molecule has 0 spiro atoms. The van der Waals surface area contributed by atoms with Crippen molar-refractivity contribution >= 4 is 17.9 Å². The van der Waals surface area contributed by atoms with Gasteiger partial charge in [0.15, 0.2) is 6.10 Å². The predicted molar refractivity (Wildman–Crippen MR) is 344 cm³/mol. The third-order valence-electron chi connectivity index (χ3n) is 15.2. The van der Waals surface area contributed by atoms with Crippen LogP contribution in [0, 0.1) is 0 Å². The maximum absolute atomic E-state index is 12.9. The van der Waals surface area contributed by atoms with Crippen molar-refractivity contribution in [3.05, 3.63) is 72.9 Å². The molecule has 458 valence electrons. The minimum Gasteiger partial charge on any atom is -0.462 e. The first-order valence-corrected chi connectivity index (χ1v) is 34.4. The van der Waals surface area contributed by atoms with E-state index >= 15 is 0 Å². The van der Waals surface area contributed by atoms with Gasteiger partial charge in [0, 0.05) is 19.3 Å². The Morgan fingerprint density at radius 1 is 0.266 bits per heavy atom.